The maximum Gasteiger partial charge on any atom is 0.266 e. The highest BCUT2D eigenvalue weighted by molar-refractivity contribution is 5.79. The first kappa shape index (κ1) is 21.8. The van der Waals surface area contributed by atoms with E-state index in [4.69, 9.17) is 4.98 Å². The highest BCUT2D eigenvalue weighted by atomic mass is 16.2. The number of para-hydroxylation sites is 2. The fraction of sp³-hybridized carbons (Fsp3) is 0.400. The van der Waals surface area contributed by atoms with E-state index in [1.807, 2.05) is 66.4 Å². The fourth-order valence-corrected chi connectivity index (χ4v) is 3.88. The van der Waals surface area contributed by atoms with Crippen molar-refractivity contribution < 1.29 is 4.79 Å². The lowest BCUT2D eigenvalue weighted by Crippen LogP contribution is -2.39. The number of rotatable bonds is 9. The van der Waals surface area contributed by atoms with Crippen LogP contribution in [-0.2, 0) is 4.79 Å². The van der Waals surface area contributed by atoms with Crippen LogP contribution in [0.3, 0.4) is 0 Å². The Kier molecular flexibility index (Phi) is 7.39. The minimum atomic E-state index is -0.256. The molecule has 0 spiro atoms. The Bertz CT molecular complexity index is 1040. The Hall–Kier alpha value is -2.95. The highest BCUT2D eigenvalue weighted by Crippen LogP contribution is 2.27. The molecule has 1 atom stereocenters. The van der Waals surface area contributed by atoms with E-state index < -0.39 is 0 Å². The molecule has 0 saturated heterocycles. The van der Waals surface area contributed by atoms with Crippen molar-refractivity contribution in [1.82, 2.24) is 14.5 Å². The van der Waals surface area contributed by atoms with E-state index in [0.717, 1.165) is 24.9 Å². The molecular weight excluding hydrogens is 374 g/mol. The SMILES string of the molecule is CCCCN(C(=O)CCC)C(CC)c1nc2ccccc2c(=O)n1-c1ccccc1. The predicted octanol–water partition coefficient (Wildman–Crippen LogP) is 5.27. The van der Waals surface area contributed by atoms with Gasteiger partial charge in [-0.1, -0.05) is 57.5 Å². The first-order valence-corrected chi connectivity index (χ1v) is 11.0. The largest absolute Gasteiger partial charge is 0.333 e. The van der Waals surface area contributed by atoms with Gasteiger partial charge in [-0.05, 0) is 43.5 Å². The third-order valence-corrected chi connectivity index (χ3v) is 5.41. The maximum atomic E-state index is 13.5. The molecule has 0 saturated carbocycles. The van der Waals surface area contributed by atoms with Crippen LogP contribution in [0.1, 0.15) is 64.7 Å². The van der Waals surface area contributed by atoms with Gasteiger partial charge in [-0.15, -0.1) is 0 Å². The molecule has 0 aliphatic carbocycles. The lowest BCUT2D eigenvalue weighted by Gasteiger charge is -2.32. The Morgan fingerprint density at radius 1 is 1.00 bits per heavy atom. The molecule has 158 valence electrons. The smallest absolute Gasteiger partial charge is 0.266 e. The van der Waals surface area contributed by atoms with Crippen molar-refractivity contribution in [3.05, 3.63) is 70.8 Å². The maximum absolute atomic E-state index is 13.5. The molecule has 0 bridgehead atoms. The van der Waals surface area contributed by atoms with Crippen LogP contribution >= 0.6 is 0 Å². The number of hydrogen-bond donors (Lipinski definition) is 0. The van der Waals surface area contributed by atoms with E-state index in [1.165, 1.54) is 0 Å². The molecule has 5 heteroatoms. The summed E-state index contributed by atoms with van der Waals surface area (Å²) in [7, 11) is 0. The van der Waals surface area contributed by atoms with Crippen molar-refractivity contribution in [2.45, 2.75) is 58.9 Å². The van der Waals surface area contributed by atoms with Gasteiger partial charge in [-0.2, -0.15) is 0 Å². The van der Waals surface area contributed by atoms with E-state index in [1.54, 1.807) is 4.57 Å². The lowest BCUT2D eigenvalue weighted by molar-refractivity contribution is -0.134. The standard InChI is InChI=1S/C25H31N3O2/c1-4-7-18-27(23(29)13-5-2)22(6-3)24-26-21-17-12-11-16-20(21)25(30)28(24)19-14-9-8-10-15-19/h8-12,14-17,22H,4-7,13,18H2,1-3H3. The van der Waals surface area contributed by atoms with Crippen LogP contribution in [0, 0.1) is 0 Å². The van der Waals surface area contributed by atoms with Crippen molar-refractivity contribution in [2.75, 3.05) is 6.54 Å². The van der Waals surface area contributed by atoms with Gasteiger partial charge in [0.05, 0.1) is 22.6 Å². The molecule has 5 nitrogen and oxygen atoms in total. The first-order chi connectivity index (χ1) is 14.6. The van der Waals surface area contributed by atoms with Crippen LogP contribution < -0.4 is 5.56 Å². The van der Waals surface area contributed by atoms with Gasteiger partial charge in [-0.3, -0.25) is 14.2 Å². The van der Waals surface area contributed by atoms with Crippen molar-refractivity contribution in [3.8, 4) is 5.69 Å². The quantitative estimate of drug-likeness (QED) is 0.487. The summed E-state index contributed by atoms with van der Waals surface area (Å²) >= 11 is 0. The van der Waals surface area contributed by atoms with Crippen LogP contribution in [0.4, 0.5) is 0 Å². The highest BCUT2D eigenvalue weighted by Gasteiger charge is 2.28. The average molecular weight is 406 g/mol. The van der Waals surface area contributed by atoms with Gasteiger partial charge in [0.1, 0.15) is 5.82 Å². The monoisotopic (exact) mass is 405 g/mol. The summed E-state index contributed by atoms with van der Waals surface area (Å²) in [5.41, 5.74) is 1.34. The number of unbranched alkanes of at least 4 members (excludes halogenated alkanes) is 1. The lowest BCUT2D eigenvalue weighted by atomic mass is 10.1. The van der Waals surface area contributed by atoms with Crippen LogP contribution in [0.5, 0.6) is 0 Å². The van der Waals surface area contributed by atoms with Crippen molar-refractivity contribution in [3.63, 3.8) is 0 Å². The first-order valence-electron chi connectivity index (χ1n) is 11.0. The van der Waals surface area contributed by atoms with Gasteiger partial charge in [0.2, 0.25) is 5.91 Å². The second kappa shape index (κ2) is 10.2. The van der Waals surface area contributed by atoms with Crippen molar-refractivity contribution >= 4 is 16.8 Å². The Morgan fingerprint density at radius 3 is 2.37 bits per heavy atom. The molecule has 0 aliphatic rings. The molecule has 0 N–H and O–H groups in total. The number of carbonyl (C=O) groups excluding carboxylic acids is 1. The van der Waals surface area contributed by atoms with Crippen LogP contribution in [0.15, 0.2) is 59.4 Å². The molecule has 0 radical (unpaired) electrons. The van der Waals surface area contributed by atoms with E-state index >= 15 is 0 Å². The van der Waals surface area contributed by atoms with Crippen LogP contribution in [0.25, 0.3) is 16.6 Å². The summed E-state index contributed by atoms with van der Waals surface area (Å²) in [6.07, 6.45) is 3.92. The molecule has 3 rings (SSSR count). The summed E-state index contributed by atoms with van der Waals surface area (Å²) in [5, 5.41) is 0.583. The minimum absolute atomic E-state index is 0.0985. The van der Waals surface area contributed by atoms with Crippen LogP contribution in [0.2, 0.25) is 0 Å². The summed E-state index contributed by atoms with van der Waals surface area (Å²) < 4.78 is 1.69. The predicted molar refractivity (Wildman–Crippen MR) is 122 cm³/mol. The summed E-state index contributed by atoms with van der Waals surface area (Å²) in [5.74, 6) is 0.757. The van der Waals surface area contributed by atoms with E-state index in [9.17, 15) is 9.59 Å². The molecule has 3 aromatic rings. The zero-order chi connectivity index (χ0) is 21.5. The third kappa shape index (κ3) is 4.45. The van der Waals surface area contributed by atoms with Gasteiger partial charge >= 0.3 is 0 Å². The average Bonchev–Trinajstić information content (AvgIpc) is 2.77. The van der Waals surface area contributed by atoms with Crippen molar-refractivity contribution in [1.29, 1.82) is 0 Å². The number of fused-ring (bicyclic) bond motifs is 1. The topological polar surface area (TPSA) is 55.2 Å². The normalized spacial score (nSPS) is 12.1. The number of aromatic nitrogens is 2. The zero-order valence-electron chi connectivity index (χ0n) is 18.2. The number of benzene rings is 2. The number of hydrogen-bond acceptors (Lipinski definition) is 3. The number of nitrogens with zero attached hydrogens (tertiary/aromatic N) is 3. The molecule has 30 heavy (non-hydrogen) atoms. The molecule has 1 amide bonds. The summed E-state index contributed by atoms with van der Waals surface area (Å²) in [6.45, 7) is 6.87. The van der Waals surface area contributed by atoms with Crippen LogP contribution in [-0.4, -0.2) is 26.9 Å². The molecular formula is C25H31N3O2. The zero-order valence-corrected chi connectivity index (χ0v) is 18.2. The van der Waals surface area contributed by atoms with E-state index in [2.05, 4.69) is 13.8 Å². The Balaban J connectivity index is 2.25. The minimum Gasteiger partial charge on any atom is -0.333 e. The third-order valence-electron chi connectivity index (χ3n) is 5.41. The molecule has 2 aromatic carbocycles. The van der Waals surface area contributed by atoms with Crippen molar-refractivity contribution in [2.24, 2.45) is 0 Å². The molecule has 1 heterocycles. The Labute approximate surface area is 178 Å². The van der Waals surface area contributed by atoms with Gasteiger partial charge in [0, 0.05) is 13.0 Å². The number of amides is 1. The molecule has 0 aliphatic heterocycles. The molecule has 0 fully saturated rings. The van der Waals surface area contributed by atoms with E-state index in [0.29, 0.717) is 36.1 Å². The second-order valence-corrected chi connectivity index (χ2v) is 7.58. The summed E-state index contributed by atoms with van der Waals surface area (Å²) in [4.78, 5) is 33.4. The Morgan fingerprint density at radius 2 is 1.70 bits per heavy atom. The number of carbonyl (C=O) groups is 1. The molecule has 1 unspecified atom stereocenters. The van der Waals surface area contributed by atoms with E-state index in [-0.39, 0.29) is 17.5 Å². The van der Waals surface area contributed by atoms with Gasteiger partial charge < -0.3 is 4.90 Å². The van der Waals surface area contributed by atoms with Gasteiger partial charge in [0.25, 0.3) is 5.56 Å². The molecule has 1 aromatic heterocycles. The second-order valence-electron chi connectivity index (χ2n) is 7.58. The fourth-order valence-electron chi connectivity index (χ4n) is 3.88. The van der Waals surface area contributed by atoms with Gasteiger partial charge in [-0.25, -0.2) is 4.98 Å². The summed E-state index contributed by atoms with van der Waals surface area (Å²) in [6, 6.07) is 16.8. The van der Waals surface area contributed by atoms with Gasteiger partial charge in [0.15, 0.2) is 0 Å².